The predicted octanol–water partition coefficient (Wildman–Crippen LogP) is 2.93. The monoisotopic (exact) mass is 435 g/mol. The molecule has 164 valence electrons. The lowest BCUT2D eigenvalue weighted by molar-refractivity contribution is 0.0944. The van der Waals surface area contributed by atoms with Gasteiger partial charge in [-0.05, 0) is 24.1 Å². The van der Waals surface area contributed by atoms with Crippen molar-refractivity contribution in [1.29, 1.82) is 0 Å². The Bertz CT molecular complexity index is 1140. The van der Waals surface area contributed by atoms with E-state index in [1.807, 2.05) is 6.07 Å². The maximum Gasteiger partial charge on any atom is 0.272 e. The first-order chi connectivity index (χ1) is 15.6. The molecule has 8 heteroatoms. The zero-order valence-electron chi connectivity index (χ0n) is 17.5. The van der Waals surface area contributed by atoms with Gasteiger partial charge in [0.1, 0.15) is 11.6 Å². The van der Waals surface area contributed by atoms with Crippen molar-refractivity contribution in [2.75, 3.05) is 24.5 Å². The number of hydrogen-bond acceptors (Lipinski definition) is 5. The number of halogens is 2. The van der Waals surface area contributed by atoms with Crippen LogP contribution in [0.3, 0.4) is 0 Å². The first-order valence-electron chi connectivity index (χ1n) is 10.7. The third kappa shape index (κ3) is 4.18. The number of amides is 1. The summed E-state index contributed by atoms with van der Waals surface area (Å²) in [5.74, 6) is -0.932. The second-order valence-electron chi connectivity index (χ2n) is 8.27. The average Bonchev–Trinajstić information content (AvgIpc) is 3.16. The summed E-state index contributed by atoms with van der Waals surface area (Å²) in [7, 11) is 0. The molecule has 2 aromatic carbocycles. The number of rotatable bonds is 5. The summed E-state index contributed by atoms with van der Waals surface area (Å²) in [6, 6.07) is 15.8. The van der Waals surface area contributed by atoms with Crippen molar-refractivity contribution in [2.45, 2.75) is 25.6 Å². The van der Waals surface area contributed by atoms with E-state index in [0.717, 1.165) is 56.1 Å². The predicted molar refractivity (Wildman–Crippen MR) is 116 cm³/mol. The van der Waals surface area contributed by atoms with E-state index in [-0.39, 0.29) is 17.8 Å². The summed E-state index contributed by atoms with van der Waals surface area (Å²) in [4.78, 5) is 17.3. The van der Waals surface area contributed by atoms with Crippen LogP contribution in [-0.2, 0) is 19.5 Å². The van der Waals surface area contributed by atoms with Gasteiger partial charge in [0.2, 0.25) is 0 Å². The van der Waals surface area contributed by atoms with E-state index < -0.39 is 17.5 Å². The van der Waals surface area contributed by atoms with Crippen LogP contribution in [0.4, 0.5) is 14.6 Å². The number of piperazine rings is 1. The highest BCUT2D eigenvalue weighted by Crippen LogP contribution is 2.32. The van der Waals surface area contributed by atoms with Gasteiger partial charge in [0, 0.05) is 56.0 Å². The summed E-state index contributed by atoms with van der Waals surface area (Å²) in [6.45, 7) is 3.61. The topological polar surface area (TPSA) is 61.4 Å². The Labute approximate surface area is 184 Å². The number of benzene rings is 2. The smallest absolute Gasteiger partial charge is 0.272 e. The lowest BCUT2D eigenvalue weighted by atomic mass is 10.1. The fraction of sp³-hybridized carbons (Fsp3) is 0.292. The molecule has 0 radical (unpaired) electrons. The van der Waals surface area contributed by atoms with Crippen molar-refractivity contribution in [2.24, 2.45) is 0 Å². The standard InChI is InChI=1S/C24H23F2N5O/c25-19-7-6-17(21(26)12-19)13-27-24(32)22-11-18-10-20-15-30(14-16-4-2-1-3-5-16)8-9-31(20)23(18)29-28-22/h1-7,11-12,20H,8-10,13-15H2,(H,27,32). The Morgan fingerprint density at radius 2 is 1.91 bits per heavy atom. The minimum Gasteiger partial charge on any atom is -0.349 e. The molecule has 0 saturated carbocycles. The molecule has 1 amide bonds. The molecule has 3 heterocycles. The Morgan fingerprint density at radius 1 is 1.06 bits per heavy atom. The minimum atomic E-state index is -0.692. The molecule has 0 aliphatic carbocycles. The van der Waals surface area contributed by atoms with Crippen molar-refractivity contribution in [1.82, 2.24) is 20.4 Å². The molecule has 1 fully saturated rings. The number of aromatic nitrogens is 2. The van der Waals surface area contributed by atoms with Gasteiger partial charge < -0.3 is 10.2 Å². The summed E-state index contributed by atoms with van der Waals surface area (Å²) in [5, 5.41) is 11.1. The lowest BCUT2D eigenvalue weighted by Gasteiger charge is -2.38. The number of fused-ring (bicyclic) bond motifs is 3. The van der Waals surface area contributed by atoms with Gasteiger partial charge in [-0.15, -0.1) is 10.2 Å². The number of anilines is 1. The van der Waals surface area contributed by atoms with Crippen molar-refractivity contribution in [3.8, 4) is 0 Å². The van der Waals surface area contributed by atoms with Crippen LogP contribution < -0.4 is 10.2 Å². The Hall–Kier alpha value is -3.39. The molecule has 6 nitrogen and oxygen atoms in total. The number of carbonyl (C=O) groups excluding carboxylic acids is 1. The minimum absolute atomic E-state index is 0.0487. The molecule has 1 aromatic heterocycles. The van der Waals surface area contributed by atoms with Crippen LogP contribution in [0.1, 0.15) is 27.2 Å². The maximum atomic E-state index is 13.8. The highest BCUT2D eigenvalue weighted by molar-refractivity contribution is 5.92. The molecular formula is C24H23F2N5O. The maximum absolute atomic E-state index is 13.8. The van der Waals surface area contributed by atoms with Crippen molar-refractivity contribution in [3.63, 3.8) is 0 Å². The van der Waals surface area contributed by atoms with Crippen molar-refractivity contribution < 1.29 is 13.6 Å². The third-order valence-electron chi connectivity index (χ3n) is 6.08. The van der Waals surface area contributed by atoms with Gasteiger partial charge in [0.05, 0.1) is 0 Å². The summed E-state index contributed by atoms with van der Waals surface area (Å²) >= 11 is 0. The fourth-order valence-electron chi connectivity index (χ4n) is 4.47. The van der Waals surface area contributed by atoms with Crippen molar-refractivity contribution in [3.05, 3.63) is 88.6 Å². The molecule has 2 aliphatic rings. The number of carbonyl (C=O) groups is 1. The quantitative estimate of drug-likeness (QED) is 0.668. The molecule has 5 rings (SSSR count). The first kappa shape index (κ1) is 20.5. The molecule has 3 aromatic rings. The average molecular weight is 435 g/mol. The SMILES string of the molecule is O=C(NCc1ccc(F)cc1F)c1cc2c(nn1)N1CCN(Cc3ccccc3)CC1C2. The van der Waals surface area contributed by atoms with Crippen LogP contribution in [0, 0.1) is 11.6 Å². The van der Waals surface area contributed by atoms with Crippen LogP contribution in [0.15, 0.2) is 54.6 Å². The first-order valence-corrected chi connectivity index (χ1v) is 10.7. The molecule has 1 atom stereocenters. The largest absolute Gasteiger partial charge is 0.349 e. The molecule has 1 N–H and O–H groups in total. The Balaban J connectivity index is 1.23. The van der Waals surface area contributed by atoms with Crippen LogP contribution in [0.5, 0.6) is 0 Å². The lowest BCUT2D eigenvalue weighted by Crippen LogP contribution is -2.51. The van der Waals surface area contributed by atoms with Crippen molar-refractivity contribution >= 4 is 11.7 Å². The van der Waals surface area contributed by atoms with Gasteiger partial charge in [0.25, 0.3) is 5.91 Å². The van der Waals surface area contributed by atoms with E-state index in [1.165, 1.54) is 11.6 Å². The second kappa shape index (κ2) is 8.63. The van der Waals surface area contributed by atoms with Gasteiger partial charge >= 0.3 is 0 Å². The number of nitrogens with zero attached hydrogens (tertiary/aromatic N) is 4. The number of nitrogens with one attached hydrogen (secondary N) is 1. The van der Waals surface area contributed by atoms with Gasteiger partial charge in [-0.3, -0.25) is 9.69 Å². The molecule has 2 aliphatic heterocycles. The molecule has 0 spiro atoms. The molecule has 1 saturated heterocycles. The fourth-order valence-corrected chi connectivity index (χ4v) is 4.47. The van der Waals surface area contributed by atoms with Gasteiger partial charge in [-0.25, -0.2) is 8.78 Å². The third-order valence-corrected chi connectivity index (χ3v) is 6.08. The van der Waals surface area contributed by atoms with E-state index in [0.29, 0.717) is 6.04 Å². The normalized spacial score (nSPS) is 17.7. The second-order valence-corrected chi connectivity index (χ2v) is 8.27. The molecular weight excluding hydrogens is 412 g/mol. The summed E-state index contributed by atoms with van der Waals surface area (Å²) in [5.41, 5.74) is 2.72. The van der Waals surface area contributed by atoms with Crippen LogP contribution in [0.25, 0.3) is 0 Å². The van der Waals surface area contributed by atoms with Gasteiger partial charge in [0.15, 0.2) is 11.5 Å². The van der Waals surface area contributed by atoms with Gasteiger partial charge in [-0.2, -0.15) is 0 Å². The van der Waals surface area contributed by atoms with E-state index in [4.69, 9.17) is 0 Å². The molecule has 32 heavy (non-hydrogen) atoms. The van der Waals surface area contributed by atoms with Crippen LogP contribution in [0.2, 0.25) is 0 Å². The molecule has 1 unspecified atom stereocenters. The van der Waals surface area contributed by atoms with Gasteiger partial charge in [-0.1, -0.05) is 36.4 Å². The molecule has 0 bridgehead atoms. The number of hydrogen-bond donors (Lipinski definition) is 1. The Morgan fingerprint density at radius 3 is 2.72 bits per heavy atom. The van der Waals surface area contributed by atoms with E-state index >= 15 is 0 Å². The van der Waals surface area contributed by atoms with Crippen LogP contribution >= 0.6 is 0 Å². The summed E-state index contributed by atoms with van der Waals surface area (Å²) in [6.07, 6.45) is 0.809. The summed E-state index contributed by atoms with van der Waals surface area (Å²) < 4.78 is 26.8. The van der Waals surface area contributed by atoms with E-state index in [1.54, 1.807) is 6.07 Å². The highest BCUT2D eigenvalue weighted by atomic mass is 19.1. The zero-order chi connectivity index (χ0) is 22.1. The van der Waals surface area contributed by atoms with E-state index in [2.05, 4.69) is 49.6 Å². The Kier molecular flexibility index (Phi) is 5.53. The zero-order valence-corrected chi connectivity index (χ0v) is 17.5. The van der Waals surface area contributed by atoms with Crippen LogP contribution in [-0.4, -0.2) is 46.7 Å². The van der Waals surface area contributed by atoms with E-state index in [9.17, 15) is 13.6 Å². The highest BCUT2D eigenvalue weighted by Gasteiger charge is 2.36.